The van der Waals surface area contributed by atoms with Gasteiger partial charge in [-0.1, -0.05) is 20.8 Å². The Kier molecular flexibility index (Phi) is 3.70. The van der Waals surface area contributed by atoms with Crippen LogP contribution in [-0.4, -0.2) is 62.4 Å². The van der Waals surface area contributed by atoms with Crippen molar-refractivity contribution in [1.29, 1.82) is 0 Å². The Morgan fingerprint density at radius 1 is 1.16 bits per heavy atom. The molecule has 2 fully saturated rings. The van der Waals surface area contributed by atoms with Crippen LogP contribution in [-0.2, 0) is 5.41 Å². The number of anilines is 1. The largest absolute Gasteiger partial charge is 0.356 e. The van der Waals surface area contributed by atoms with Gasteiger partial charge >= 0.3 is 0 Å². The fourth-order valence-corrected chi connectivity index (χ4v) is 3.74. The zero-order chi connectivity index (χ0) is 17.6. The third-order valence-corrected chi connectivity index (χ3v) is 5.15. The number of H-pyrrole nitrogens is 1. The quantitative estimate of drug-likeness (QED) is 0.880. The Labute approximate surface area is 146 Å². The van der Waals surface area contributed by atoms with Crippen molar-refractivity contribution >= 4 is 11.7 Å². The highest BCUT2D eigenvalue weighted by molar-refractivity contribution is 5.92. The van der Waals surface area contributed by atoms with Crippen molar-refractivity contribution in [3.8, 4) is 0 Å². The van der Waals surface area contributed by atoms with Crippen LogP contribution in [0.4, 0.5) is 5.82 Å². The maximum atomic E-state index is 12.4. The minimum absolute atomic E-state index is 0.00803. The Morgan fingerprint density at radius 2 is 1.88 bits per heavy atom. The van der Waals surface area contributed by atoms with E-state index < -0.39 is 0 Å². The number of aromatic amines is 1. The van der Waals surface area contributed by atoms with Gasteiger partial charge in [0.25, 0.3) is 5.91 Å². The average Bonchev–Trinajstić information content (AvgIpc) is 3.29. The first-order valence-corrected chi connectivity index (χ1v) is 8.64. The lowest BCUT2D eigenvalue weighted by molar-refractivity contribution is 0.0776. The van der Waals surface area contributed by atoms with Crippen LogP contribution in [0.15, 0.2) is 18.6 Å². The van der Waals surface area contributed by atoms with Crippen LogP contribution in [0.1, 0.15) is 37.0 Å². The minimum atomic E-state index is -0.0354. The van der Waals surface area contributed by atoms with E-state index in [1.807, 2.05) is 4.90 Å². The van der Waals surface area contributed by atoms with Gasteiger partial charge in [0, 0.05) is 49.5 Å². The molecule has 2 atom stereocenters. The molecule has 8 heteroatoms. The summed E-state index contributed by atoms with van der Waals surface area (Å²) >= 11 is 0. The lowest BCUT2D eigenvalue weighted by atomic mass is 9.92. The molecule has 8 nitrogen and oxygen atoms in total. The zero-order valence-corrected chi connectivity index (χ0v) is 14.8. The van der Waals surface area contributed by atoms with E-state index in [9.17, 15) is 4.79 Å². The number of hydrogen-bond acceptors (Lipinski definition) is 6. The van der Waals surface area contributed by atoms with Crippen molar-refractivity contribution in [3.63, 3.8) is 0 Å². The van der Waals surface area contributed by atoms with Crippen LogP contribution in [0.5, 0.6) is 0 Å². The van der Waals surface area contributed by atoms with E-state index in [4.69, 9.17) is 0 Å². The zero-order valence-electron chi connectivity index (χ0n) is 14.8. The predicted molar refractivity (Wildman–Crippen MR) is 92.2 cm³/mol. The standard InChI is InChI=1S/C17H23N7O/c1-17(2,3)14-4-15(19-10-18-14)23-6-11-8-24(9-12(11)7-23)16(25)13-5-20-22-21-13/h4-5,10-12H,6-9H2,1-3H3,(H,20,21,22). The van der Waals surface area contributed by atoms with Crippen LogP contribution in [0.3, 0.4) is 0 Å². The Hall–Kier alpha value is -2.51. The van der Waals surface area contributed by atoms with Gasteiger partial charge in [0.15, 0.2) is 5.69 Å². The number of nitrogens with one attached hydrogen (secondary N) is 1. The number of rotatable bonds is 2. The first-order chi connectivity index (χ1) is 11.9. The number of aromatic nitrogens is 5. The van der Waals surface area contributed by atoms with Crippen LogP contribution in [0.2, 0.25) is 0 Å². The van der Waals surface area contributed by atoms with Crippen molar-refractivity contribution in [2.75, 3.05) is 31.1 Å². The summed E-state index contributed by atoms with van der Waals surface area (Å²) in [5.74, 6) is 1.91. The molecular formula is C17H23N7O. The predicted octanol–water partition coefficient (Wildman–Crippen LogP) is 1.10. The molecule has 2 aromatic rings. The highest BCUT2D eigenvalue weighted by atomic mass is 16.2. The highest BCUT2D eigenvalue weighted by Crippen LogP contribution is 2.34. The fourth-order valence-electron chi connectivity index (χ4n) is 3.74. The van der Waals surface area contributed by atoms with E-state index in [0.29, 0.717) is 17.5 Å². The van der Waals surface area contributed by atoms with Crippen LogP contribution >= 0.6 is 0 Å². The Bertz CT molecular complexity index is 754. The van der Waals surface area contributed by atoms with E-state index in [1.165, 1.54) is 6.20 Å². The molecule has 4 heterocycles. The van der Waals surface area contributed by atoms with Crippen molar-refractivity contribution in [2.45, 2.75) is 26.2 Å². The van der Waals surface area contributed by atoms with E-state index in [-0.39, 0.29) is 11.3 Å². The van der Waals surface area contributed by atoms with E-state index in [1.54, 1.807) is 6.33 Å². The van der Waals surface area contributed by atoms with Gasteiger partial charge in [-0.05, 0) is 0 Å². The number of amides is 1. The molecule has 0 aromatic carbocycles. The van der Waals surface area contributed by atoms with Gasteiger partial charge in [0.05, 0.1) is 11.9 Å². The maximum absolute atomic E-state index is 12.4. The molecule has 2 unspecified atom stereocenters. The summed E-state index contributed by atoms with van der Waals surface area (Å²) < 4.78 is 0. The third kappa shape index (κ3) is 2.96. The van der Waals surface area contributed by atoms with E-state index in [2.05, 4.69) is 57.1 Å². The molecule has 1 N–H and O–H groups in total. The van der Waals surface area contributed by atoms with Crippen molar-refractivity contribution in [2.24, 2.45) is 11.8 Å². The van der Waals surface area contributed by atoms with Gasteiger partial charge in [-0.25, -0.2) is 9.97 Å². The van der Waals surface area contributed by atoms with Crippen molar-refractivity contribution in [3.05, 3.63) is 30.0 Å². The summed E-state index contributed by atoms with van der Waals surface area (Å²) in [6.45, 7) is 9.86. The fraction of sp³-hybridized carbons (Fsp3) is 0.588. The van der Waals surface area contributed by atoms with Gasteiger partial charge in [0.2, 0.25) is 0 Å². The number of likely N-dealkylation sites (tertiary alicyclic amines) is 1. The molecule has 0 aliphatic carbocycles. The molecule has 2 saturated heterocycles. The second-order valence-corrected chi connectivity index (χ2v) is 8.00. The lowest BCUT2D eigenvalue weighted by Gasteiger charge is -2.24. The first-order valence-electron chi connectivity index (χ1n) is 8.64. The average molecular weight is 341 g/mol. The van der Waals surface area contributed by atoms with Crippen LogP contribution in [0, 0.1) is 11.8 Å². The smallest absolute Gasteiger partial charge is 0.276 e. The van der Waals surface area contributed by atoms with E-state index in [0.717, 1.165) is 37.7 Å². The molecule has 132 valence electrons. The normalized spacial score (nSPS) is 23.2. The van der Waals surface area contributed by atoms with Gasteiger partial charge in [-0.2, -0.15) is 15.4 Å². The second kappa shape index (κ2) is 5.79. The van der Waals surface area contributed by atoms with Gasteiger partial charge in [-0.3, -0.25) is 4.79 Å². The first kappa shape index (κ1) is 16.0. The molecule has 2 aliphatic heterocycles. The third-order valence-electron chi connectivity index (χ3n) is 5.15. The van der Waals surface area contributed by atoms with Gasteiger partial charge in [-0.15, -0.1) is 0 Å². The summed E-state index contributed by atoms with van der Waals surface area (Å²) in [4.78, 5) is 25.5. The second-order valence-electron chi connectivity index (χ2n) is 8.00. The number of carbonyl (C=O) groups is 1. The summed E-state index contributed by atoms with van der Waals surface area (Å²) in [5, 5.41) is 10.1. The number of nitrogens with zero attached hydrogens (tertiary/aromatic N) is 6. The maximum Gasteiger partial charge on any atom is 0.276 e. The number of carbonyl (C=O) groups excluding carboxylic acids is 1. The highest BCUT2D eigenvalue weighted by Gasteiger charge is 2.42. The van der Waals surface area contributed by atoms with Gasteiger partial charge in [0.1, 0.15) is 12.1 Å². The molecule has 2 aromatic heterocycles. The van der Waals surface area contributed by atoms with Crippen LogP contribution in [0.25, 0.3) is 0 Å². The lowest BCUT2D eigenvalue weighted by Crippen LogP contribution is -2.33. The SMILES string of the molecule is CC(C)(C)c1cc(N2CC3CN(C(=O)c4cn[nH]n4)CC3C2)ncn1. The molecule has 2 aliphatic rings. The molecule has 0 radical (unpaired) electrons. The molecule has 0 saturated carbocycles. The molecular weight excluding hydrogens is 318 g/mol. The summed E-state index contributed by atoms with van der Waals surface area (Å²) in [7, 11) is 0. The molecule has 4 rings (SSSR count). The summed E-state index contributed by atoms with van der Waals surface area (Å²) in [6.07, 6.45) is 3.14. The molecule has 0 bridgehead atoms. The van der Waals surface area contributed by atoms with Gasteiger partial charge < -0.3 is 9.80 Å². The summed E-state index contributed by atoms with van der Waals surface area (Å²) in [6, 6.07) is 2.10. The number of hydrogen-bond donors (Lipinski definition) is 1. The minimum Gasteiger partial charge on any atom is -0.356 e. The number of fused-ring (bicyclic) bond motifs is 1. The molecule has 25 heavy (non-hydrogen) atoms. The Balaban J connectivity index is 1.44. The molecule has 1 amide bonds. The van der Waals surface area contributed by atoms with Crippen LogP contribution < -0.4 is 4.90 Å². The summed E-state index contributed by atoms with van der Waals surface area (Å²) in [5.41, 5.74) is 1.45. The topological polar surface area (TPSA) is 90.9 Å². The van der Waals surface area contributed by atoms with E-state index >= 15 is 0 Å². The van der Waals surface area contributed by atoms with Crippen molar-refractivity contribution in [1.82, 2.24) is 30.3 Å². The molecule has 0 spiro atoms. The van der Waals surface area contributed by atoms with Crippen molar-refractivity contribution < 1.29 is 4.79 Å². The monoisotopic (exact) mass is 341 g/mol. The Morgan fingerprint density at radius 3 is 2.48 bits per heavy atom.